The normalized spacial score (nSPS) is 12.0. The van der Waals surface area contributed by atoms with E-state index >= 15 is 0 Å². The van der Waals surface area contributed by atoms with Crippen LogP contribution in [0.2, 0.25) is 10.0 Å². The first-order valence-corrected chi connectivity index (χ1v) is 10.3. The lowest BCUT2D eigenvalue weighted by Crippen LogP contribution is -2.30. The van der Waals surface area contributed by atoms with E-state index in [0.717, 1.165) is 0 Å². The molecule has 0 aromatic heterocycles. The largest absolute Gasteiger partial charge is 0.289 e. The molecule has 0 saturated heterocycles. The Morgan fingerprint density at radius 1 is 1.04 bits per heavy atom. The van der Waals surface area contributed by atoms with Crippen LogP contribution in [0, 0.1) is 0 Å². The van der Waals surface area contributed by atoms with Crippen molar-refractivity contribution in [2.75, 3.05) is 13.1 Å². The van der Waals surface area contributed by atoms with Crippen LogP contribution in [0.15, 0.2) is 53.4 Å². The Kier molecular flexibility index (Phi) is 7.01. The molecule has 138 valence electrons. The second-order valence-corrected chi connectivity index (χ2v) is 8.26. The van der Waals surface area contributed by atoms with Crippen LogP contribution in [0.25, 0.3) is 6.08 Å². The van der Waals surface area contributed by atoms with Crippen LogP contribution in [-0.4, -0.2) is 31.6 Å². The second kappa shape index (κ2) is 8.82. The quantitative estimate of drug-likeness (QED) is 0.479. The zero-order chi connectivity index (χ0) is 19.3. The van der Waals surface area contributed by atoms with E-state index < -0.39 is 10.0 Å². The third-order valence-corrected chi connectivity index (χ3v) is 6.49. The van der Waals surface area contributed by atoms with Crippen LogP contribution in [0.3, 0.4) is 0 Å². The van der Waals surface area contributed by atoms with Crippen molar-refractivity contribution in [1.29, 1.82) is 0 Å². The highest BCUT2D eigenvalue weighted by molar-refractivity contribution is 7.89. The Hall–Kier alpha value is -1.66. The van der Waals surface area contributed by atoms with Gasteiger partial charge in [-0.2, -0.15) is 4.31 Å². The number of carbonyl (C=O) groups excluding carboxylic acids is 1. The number of hydrogen-bond acceptors (Lipinski definition) is 3. The summed E-state index contributed by atoms with van der Waals surface area (Å²) in [6.45, 7) is 4.35. The predicted octanol–water partition coefficient (Wildman–Crippen LogP) is 4.92. The monoisotopic (exact) mass is 411 g/mol. The van der Waals surface area contributed by atoms with Gasteiger partial charge in [0, 0.05) is 28.7 Å². The number of halogens is 2. The lowest BCUT2D eigenvalue weighted by atomic mass is 10.1. The topological polar surface area (TPSA) is 54.5 Å². The van der Waals surface area contributed by atoms with Gasteiger partial charge in [0.1, 0.15) is 0 Å². The Morgan fingerprint density at radius 2 is 1.65 bits per heavy atom. The molecule has 0 radical (unpaired) electrons. The van der Waals surface area contributed by atoms with E-state index in [-0.39, 0.29) is 10.7 Å². The van der Waals surface area contributed by atoms with E-state index in [9.17, 15) is 13.2 Å². The maximum absolute atomic E-state index is 12.5. The first-order chi connectivity index (χ1) is 12.3. The smallest absolute Gasteiger partial charge is 0.243 e. The summed E-state index contributed by atoms with van der Waals surface area (Å²) >= 11 is 11.9. The fraction of sp³-hybridized carbons (Fsp3) is 0.211. The summed E-state index contributed by atoms with van der Waals surface area (Å²) in [6, 6.07) is 10.9. The van der Waals surface area contributed by atoms with Gasteiger partial charge in [0.15, 0.2) is 5.78 Å². The Labute approximate surface area is 164 Å². The van der Waals surface area contributed by atoms with E-state index in [1.54, 1.807) is 38.1 Å². The summed E-state index contributed by atoms with van der Waals surface area (Å²) in [5.41, 5.74) is 1.06. The van der Waals surface area contributed by atoms with Gasteiger partial charge in [-0.1, -0.05) is 43.1 Å². The molecule has 2 aromatic rings. The second-order valence-electron chi connectivity index (χ2n) is 5.48. The first kappa shape index (κ1) is 20.6. The fourth-order valence-electron chi connectivity index (χ4n) is 2.40. The molecule has 7 heteroatoms. The summed E-state index contributed by atoms with van der Waals surface area (Å²) in [5, 5.41) is 0.964. The van der Waals surface area contributed by atoms with Crippen LogP contribution in [0.5, 0.6) is 0 Å². The number of rotatable bonds is 7. The number of allylic oxidation sites excluding steroid dienone is 1. The van der Waals surface area contributed by atoms with Crippen molar-refractivity contribution in [3.63, 3.8) is 0 Å². The number of carbonyl (C=O) groups is 1. The Balaban J connectivity index is 2.20. The van der Waals surface area contributed by atoms with E-state index in [2.05, 4.69) is 0 Å². The van der Waals surface area contributed by atoms with Crippen LogP contribution in [0.4, 0.5) is 0 Å². The molecule has 2 aromatic carbocycles. The van der Waals surface area contributed by atoms with Gasteiger partial charge in [-0.15, -0.1) is 0 Å². The van der Waals surface area contributed by atoms with Crippen LogP contribution < -0.4 is 0 Å². The molecule has 0 aliphatic carbocycles. The van der Waals surface area contributed by atoms with Gasteiger partial charge < -0.3 is 0 Å². The molecule has 2 rings (SSSR count). The molecule has 0 N–H and O–H groups in total. The molecular formula is C19H19Cl2NO3S. The molecule has 0 aliphatic heterocycles. The molecule has 0 fully saturated rings. The van der Waals surface area contributed by atoms with E-state index in [4.69, 9.17) is 23.2 Å². The standard InChI is InChI=1S/C19H19Cl2NO3S/c1-3-22(4-2)26(24,25)17-10-6-15(7-11-17)19(23)12-8-14-5-9-16(20)13-18(14)21/h5-13H,3-4H2,1-2H3. The van der Waals surface area contributed by atoms with Crippen LogP contribution in [0.1, 0.15) is 29.8 Å². The maximum Gasteiger partial charge on any atom is 0.243 e. The summed E-state index contributed by atoms with van der Waals surface area (Å²) in [6.07, 6.45) is 2.99. The van der Waals surface area contributed by atoms with E-state index in [0.29, 0.717) is 34.3 Å². The zero-order valence-corrected chi connectivity index (χ0v) is 16.8. The third-order valence-electron chi connectivity index (χ3n) is 3.86. The SMILES string of the molecule is CCN(CC)S(=O)(=O)c1ccc(C(=O)C=Cc2ccc(Cl)cc2Cl)cc1. The molecule has 0 spiro atoms. The first-order valence-electron chi connectivity index (χ1n) is 8.07. The maximum atomic E-state index is 12.5. The van der Waals surface area contributed by atoms with Crippen molar-refractivity contribution in [1.82, 2.24) is 4.31 Å². The minimum Gasteiger partial charge on any atom is -0.289 e. The number of benzene rings is 2. The molecule has 0 heterocycles. The van der Waals surface area contributed by atoms with Crippen molar-refractivity contribution >= 4 is 45.1 Å². The number of sulfonamides is 1. The molecule has 0 unspecified atom stereocenters. The van der Waals surface area contributed by atoms with Gasteiger partial charge in [0.25, 0.3) is 0 Å². The zero-order valence-electron chi connectivity index (χ0n) is 14.4. The minimum absolute atomic E-state index is 0.169. The average Bonchev–Trinajstić information content (AvgIpc) is 2.61. The number of ketones is 1. The average molecular weight is 412 g/mol. The van der Waals surface area contributed by atoms with Crippen molar-refractivity contribution in [2.24, 2.45) is 0 Å². The van der Waals surface area contributed by atoms with Gasteiger partial charge in [-0.25, -0.2) is 8.42 Å². The third kappa shape index (κ3) is 4.74. The van der Waals surface area contributed by atoms with Gasteiger partial charge in [-0.3, -0.25) is 4.79 Å². The lowest BCUT2D eigenvalue weighted by Gasteiger charge is -2.18. The van der Waals surface area contributed by atoms with Crippen molar-refractivity contribution in [3.05, 3.63) is 69.7 Å². The molecule has 0 aliphatic rings. The van der Waals surface area contributed by atoms with E-state index in [1.807, 2.05) is 0 Å². The van der Waals surface area contributed by atoms with Crippen molar-refractivity contribution in [2.45, 2.75) is 18.7 Å². The molecular weight excluding hydrogens is 393 g/mol. The van der Waals surface area contributed by atoms with Crippen molar-refractivity contribution < 1.29 is 13.2 Å². The highest BCUT2D eigenvalue weighted by Crippen LogP contribution is 2.22. The molecule has 0 atom stereocenters. The fourth-order valence-corrected chi connectivity index (χ4v) is 4.33. The molecule has 0 bridgehead atoms. The van der Waals surface area contributed by atoms with Crippen molar-refractivity contribution in [3.8, 4) is 0 Å². The van der Waals surface area contributed by atoms with Gasteiger partial charge in [-0.05, 0) is 54.1 Å². The lowest BCUT2D eigenvalue weighted by molar-refractivity contribution is 0.104. The van der Waals surface area contributed by atoms with Crippen LogP contribution >= 0.6 is 23.2 Å². The Bertz CT molecular complexity index is 918. The predicted molar refractivity (Wildman–Crippen MR) is 106 cm³/mol. The summed E-state index contributed by atoms with van der Waals surface area (Å²) in [5.74, 6) is -0.247. The highest BCUT2D eigenvalue weighted by Gasteiger charge is 2.21. The van der Waals surface area contributed by atoms with Gasteiger partial charge >= 0.3 is 0 Å². The number of nitrogens with zero attached hydrogens (tertiary/aromatic N) is 1. The van der Waals surface area contributed by atoms with E-state index in [1.165, 1.54) is 34.6 Å². The van der Waals surface area contributed by atoms with Crippen LogP contribution in [-0.2, 0) is 10.0 Å². The molecule has 0 saturated carbocycles. The Morgan fingerprint density at radius 3 is 2.19 bits per heavy atom. The van der Waals surface area contributed by atoms with Gasteiger partial charge in [0.05, 0.1) is 4.90 Å². The summed E-state index contributed by atoms with van der Waals surface area (Å²) in [4.78, 5) is 12.5. The molecule has 26 heavy (non-hydrogen) atoms. The summed E-state index contributed by atoms with van der Waals surface area (Å²) in [7, 11) is -3.53. The van der Waals surface area contributed by atoms with Gasteiger partial charge in [0.2, 0.25) is 10.0 Å². The summed E-state index contributed by atoms with van der Waals surface area (Å²) < 4.78 is 26.3. The minimum atomic E-state index is -3.53. The number of hydrogen-bond donors (Lipinski definition) is 0. The molecule has 0 amide bonds. The highest BCUT2D eigenvalue weighted by atomic mass is 35.5. The molecule has 4 nitrogen and oxygen atoms in total.